The quantitative estimate of drug-likeness (QED) is 0.492. The Balaban J connectivity index is 2.76. The Labute approximate surface area is 140 Å². The molecule has 2 heterocycles. The van der Waals surface area contributed by atoms with Crippen molar-refractivity contribution in [1.29, 1.82) is 0 Å². The summed E-state index contributed by atoms with van der Waals surface area (Å²) in [6.07, 6.45) is 0.811. The molecule has 0 saturated carbocycles. The molecule has 11 nitrogen and oxygen atoms in total. The minimum Gasteiger partial charge on any atom is -0.479 e. The maximum atomic E-state index is 12.6. The number of esters is 1. The molecule has 11 heteroatoms. The second-order valence-corrected chi connectivity index (χ2v) is 5.71. The fourth-order valence-electron chi connectivity index (χ4n) is 2.72. The van der Waals surface area contributed by atoms with Crippen LogP contribution >= 0.6 is 0 Å². The first-order valence-electron chi connectivity index (χ1n) is 7.24. The van der Waals surface area contributed by atoms with E-state index in [0.717, 1.165) is 13.2 Å². The summed E-state index contributed by atoms with van der Waals surface area (Å²) < 4.78 is 6.27. The Kier molecular flexibility index (Phi) is 4.43. The zero-order valence-electron chi connectivity index (χ0n) is 13.8. The summed E-state index contributed by atoms with van der Waals surface area (Å²) in [5.41, 5.74) is -3.87. The first kappa shape index (κ1) is 18.2. The third-order valence-corrected chi connectivity index (χ3v) is 4.35. The lowest BCUT2D eigenvalue weighted by molar-refractivity contribution is -0.148. The summed E-state index contributed by atoms with van der Waals surface area (Å²) in [5, 5.41) is 18.9. The van der Waals surface area contributed by atoms with Crippen LogP contribution in [0.3, 0.4) is 0 Å². The van der Waals surface area contributed by atoms with E-state index in [2.05, 4.69) is 4.74 Å². The van der Waals surface area contributed by atoms with Gasteiger partial charge in [-0.3, -0.25) is 4.79 Å². The number of carboxylic acids is 2. The van der Waals surface area contributed by atoms with Crippen LogP contribution in [0.5, 0.6) is 0 Å². The van der Waals surface area contributed by atoms with Crippen LogP contribution in [0.25, 0.3) is 0 Å². The molecule has 0 aliphatic carbocycles. The molecule has 0 amide bonds. The summed E-state index contributed by atoms with van der Waals surface area (Å²) in [7, 11) is 1.14. The van der Waals surface area contributed by atoms with Gasteiger partial charge >= 0.3 is 29.3 Å². The highest BCUT2D eigenvalue weighted by Crippen LogP contribution is 2.31. The first-order chi connectivity index (χ1) is 11.6. The lowest BCUT2D eigenvalue weighted by Crippen LogP contribution is -2.53. The Morgan fingerprint density at radius 3 is 2.32 bits per heavy atom. The minimum atomic E-state index is -1.93. The van der Waals surface area contributed by atoms with Crippen LogP contribution in [0.1, 0.15) is 26.3 Å². The van der Waals surface area contributed by atoms with Crippen LogP contribution < -0.4 is 11.4 Å². The number of carboxylic acid groups (broad SMARTS) is 2. The molecule has 0 spiro atoms. The van der Waals surface area contributed by atoms with Gasteiger partial charge in [0.1, 0.15) is 0 Å². The molecule has 2 atom stereocenters. The Morgan fingerprint density at radius 2 is 1.84 bits per heavy atom. The van der Waals surface area contributed by atoms with Gasteiger partial charge in [-0.1, -0.05) is 0 Å². The van der Waals surface area contributed by atoms with E-state index in [1.165, 1.54) is 13.8 Å². The monoisotopic (exact) mass is 355 g/mol. The molecule has 0 bridgehead atoms. The molecule has 0 fully saturated rings. The molecule has 2 rings (SSSR count). The number of rotatable bonds is 5. The smallest absolute Gasteiger partial charge is 0.348 e. The number of aromatic nitrogens is 3. The number of hydrogen-bond donors (Lipinski definition) is 2. The number of nitrogens with zero attached hydrogens (tertiary/aromatic N) is 3. The van der Waals surface area contributed by atoms with E-state index in [9.17, 15) is 34.2 Å². The van der Waals surface area contributed by atoms with Crippen LogP contribution in [0.4, 0.5) is 0 Å². The summed E-state index contributed by atoms with van der Waals surface area (Å²) in [6, 6.07) is -1.54. The van der Waals surface area contributed by atoms with Crippen molar-refractivity contribution in [3.63, 3.8) is 0 Å². The van der Waals surface area contributed by atoms with Crippen molar-refractivity contribution < 1.29 is 29.3 Å². The largest absolute Gasteiger partial charge is 0.479 e. The summed E-state index contributed by atoms with van der Waals surface area (Å²) in [4.78, 5) is 59.7. The third-order valence-electron chi connectivity index (χ3n) is 4.35. The zero-order chi connectivity index (χ0) is 19.1. The summed E-state index contributed by atoms with van der Waals surface area (Å²) >= 11 is 0. The van der Waals surface area contributed by atoms with Gasteiger partial charge in [-0.15, -0.1) is 0 Å². The second kappa shape index (κ2) is 6.07. The first-order valence-corrected chi connectivity index (χ1v) is 7.24. The number of ether oxygens (including phenoxy) is 1. The van der Waals surface area contributed by atoms with E-state index >= 15 is 0 Å². The van der Waals surface area contributed by atoms with Gasteiger partial charge in [0, 0.05) is 6.54 Å². The summed E-state index contributed by atoms with van der Waals surface area (Å²) in [5.74, 6) is -3.52. The van der Waals surface area contributed by atoms with Gasteiger partial charge in [0.15, 0.2) is 11.6 Å². The van der Waals surface area contributed by atoms with E-state index in [1.54, 1.807) is 0 Å². The van der Waals surface area contributed by atoms with Crippen LogP contribution in [-0.2, 0) is 31.2 Å². The van der Waals surface area contributed by atoms with Crippen molar-refractivity contribution in [3.05, 3.63) is 32.6 Å². The lowest BCUT2D eigenvalue weighted by Gasteiger charge is -2.34. The van der Waals surface area contributed by atoms with E-state index in [4.69, 9.17) is 0 Å². The molecule has 1 aromatic heterocycles. The highest BCUT2D eigenvalue weighted by atomic mass is 16.5. The van der Waals surface area contributed by atoms with Gasteiger partial charge in [-0.25, -0.2) is 33.1 Å². The van der Waals surface area contributed by atoms with Crippen molar-refractivity contribution in [2.45, 2.75) is 38.4 Å². The maximum Gasteiger partial charge on any atom is 0.348 e. The average Bonchev–Trinajstić information content (AvgIpc) is 2.79. The van der Waals surface area contributed by atoms with E-state index in [1.807, 2.05) is 0 Å². The van der Waals surface area contributed by atoms with Gasteiger partial charge in [-0.2, -0.15) is 0 Å². The summed E-state index contributed by atoms with van der Waals surface area (Å²) in [6.45, 7) is 2.20. The van der Waals surface area contributed by atoms with Crippen molar-refractivity contribution in [1.82, 2.24) is 13.9 Å². The van der Waals surface area contributed by atoms with Crippen molar-refractivity contribution >= 4 is 17.9 Å². The normalized spacial score (nSPS) is 22.0. The highest BCUT2D eigenvalue weighted by molar-refractivity contribution is 5.82. The predicted octanol–water partition coefficient (Wildman–Crippen LogP) is -1.24. The van der Waals surface area contributed by atoms with Crippen LogP contribution in [-0.4, -0.2) is 49.2 Å². The van der Waals surface area contributed by atoms with E-state index < -0.39 is 40.9 Å². The molecule has 0 saturated heterocycles. The molecular weight excluding hydrogens is 338 g/mol. The molecule has 2 N–H and O–H groups in total. The molecule has 1 aliphatic rings. The average molecular weight is 355 g/mol. The number of carbonyl (C=O) groups excluding carboxylic acids is 1. The molecule has 136 valence electrons. The van der Waals surface area contributed by atoms with Gasteiger partial charge in [0.25, 0.3) is 0 Å². The Bertz CT molecular complexity index is 902. The molecule has 1 aromatic rings. The molecule has 0 radical (unpaired) electrons. The number of aliphatic carboxylic acids is 2. The van der Waals surface area contributed by atoms with Crippen molar-refractivity contribution in [3.8, 4) is 0 Å². The molecule has 1 aliphatic heterocycles. The number of carbonyl (C=O) groups is 3. The standard InChI is InChI=1S/C14H17N3O8/c1-7-6-8(10(19)20)16-12(23)15(5-4-9(18)25-3)13(24)17(16)14(7,2)11(21)22/h6,8H,4-5H2,1-3H3,(H,19,20)(H,21,22). The van der Waals surface area contributed by atoms with Crippen LogP contribution in [0, 0.1) is 0 Å². The maximum absolute atomic E-state index is 12.6. The van der Waals surface area contributed by atoms with Crippen LogP contribution in [0.2, 0.25) is 0 Å². The second-order valence-electron chi connectivity index (χ2n) is 5.71. The zero-order valence-corrected chi connectivity index (χ0v) is 13.8. The fraction of sp³-hybridized carbons (Fsp3) is 0.500. The topological polar surface area (TPSA) is 150 Å². The van der Waals surface area contributed by atoms with Gasteiger partial charge in [-0.05, 0) is 25.5 Å². The number of hydrogen-bond acceptors (Lipinski definition) is 6. The highest BCUT2D eigenvalue weighted by Gasteiger charge is 2.47. The third kappa shape index (κ3) is 2.57. The number of methoxy groups -OCH3 is 1. The molecular formula is C14H17N3O8. The van der Waals surface area contributed by atoms with E-state index in [0.29, 0.717) is 13.9 Å². The Hall–Kier alpha value is -3.11. The fourth-order valence-corrected chi connectivity index (χ4v) is 2.72. The van der Waals surface area contributed by atoms with Gasteiger partial charge in [0.05, 0.1) is 13.5 Å². The SMILES string of the molecule is COC(=O)CCn1c(=O)n2n(c1=O)C(C)(C(=O)O)C(C)=CC2C(=O)O. The minimum absolute atomic E-state index is 0.0969. The predicted molar refractivity (Wildman–Crippen MR) is 81.3 cm³/mol. The lowest BCUT2D eigenvalue weighted by atomic mass is 9.90. The van der Waals surface area contributed by atoms with Crippen molar-refractivity contribution in [2.24, 2.45) is 0 Å². The molecule has 2 unspecified atom stereocenters. The van der Waals surface area contributed by atoms with Gasteiger partial charge in [0.2, 0.25) is 0 Å². The van der Waals surface area contributed by atoms with Gasteiger partial charge < -0.3 is 14.9 Å². The van der Waals surface area contributed by atoms with E-state index in [-0.39, 0.29) is 18.5 Å². The molecule has 25 heavy (non-hydrogen) atoms. The Morgan fingerprint density at radius 1 is 1.24 bits per heavy atom. The molecule has 0 aromatic carbocycles. The number of fused-ring (bicyclic) bond motifs is 1. The van der Waals surface area contributed by atoms with Crippen molar-refractivity contribution in [2.75, 3.05) is 7.11 Å². The van der Waals surface area contributed by atoms with Crippen LogP contribution in [0.15, 0.2) is 21.2 Å².